The zero-order chi connectivity index (χ0) is 10.9. The van der Waals surface area contributed by atoms with Crippen LogP contribution < -0.4 is 0 Å². The van der Waals surface area contributed by atoms with Crippen LogP contribution in [0, 0.1) is 11.8 Å². The highest BCUT2D eigenvalue weighted by Gasteiger charge is 2.16. The minimum absolute atomic E-state index is 1.00. The van der Waals surface area contributed by atoms with Gasteiger partial charge in [0.25, 0.3) is 0 Å². The summed E-state index contributed by atoms with van der Waals surface area (Å²) >= 11 is 0. The van der Waals surface area contributed by atoms with Crippen molar-refractivity contribution in [3.8, 4) is 0 Å². The Morgan fingerprint density at radius 2 is 1.67 bits per heavy atom. The van der Waals surface area contributed by atoms with Crippen molar-refractivity contribution in [2.45, 2.75) is 71.6 Å². The Balaban J connectivity index is 1.98. The molecule has 1 rings (SSSR count). The van der Waals surface area contributed by atoms with Crippen LogP contribution in [-0.4, -0.2) is 0 Å². The molecule has 0 aromatic carbocycles. The van der Waals surface area contributed by atoms with E-state index in [9.17, 15) is 0 Å². The maximum absolute atomic E-state index is 2.41. The molecule has 88 valence electrons. The van der Waals surface area contributed by atoms with Crippen LogP contribution in [0.5, 0.6) is 0 Å². The molecular weight excluding hydrogens is 180 g/mol. The number of hydrogen-bond acceptors (Lipinski definition) is 0. The summed E-state index contributed by atoms with van der Waals surface area (Å²) in [6.45, 7) is 4.66. The molecule has 1 aliphatic rings. The Morgan fingerprint density at radius 1 is 1.00 bits per heavy atom. The molecule has 0 amide bonds. The van der Waals surface area contributed by atoms with Crippen molar-refractivity contribution in [1.82, 2.24) is 0 Å². The number of rotatable bonds is 6. The lowest BCUT2D eigenvalue weighted by atomic mass is 9.81. The van der Waals surface area contributed by atoms with Gasteiger partial charge in [-0.3, -0.25) is 0 Å². The van der Waals surface area contributed by atoms with Gasteiger partial charge in [0.1, 0.15) is 0 Å². The normalized spacial score (nSPS) is 27.3. The van der Waals surface area contributed by atoms with E-state index in [0.29, 0.717) is 0 Å². The summed E-state index contributed by atoms with van der Waals surface area (Å²) in [5.74, 6) is 2.04. The first-order valence-electron chi connectivity index (χ1n) is 6.98. The zero-order valence-electron chi connectivity index (χ0n) is 10.7. The number of allylic oxidation sites excluding steroid dienone is 2. The third kappa shape index (κ3) is 6.02. The smallest absolute Gasteiger partial charge is 0.0348 e. The summed E-state index contributed by atoms with van der Waals surface area (Å²) in [6.07, 6.45) is 17.5. The lowest BCUT2D eigenvalue weighted by Crippen LogP contribution is -2.11. The second-order valence-corrected chi connectivity index (χ2v) is 5.32. The molecule has 0 nitrogen and oxygen atoms in total. The quantitative estimate of drug-likeness (QED) is 0.408. The first kappa shape index (κ1) is 12.8. The molecule has 0 saturated heterocycles. The molecule has 0 radical (unpaired) electrons. The average molecular weight is 208 g/mol. The van der Waals surface area contributed by atoms with Crippen molar-refractivity contribution < 1.29 is 0 Å². The lowest BCUT2D eigenvalue weighted by Gasteiger charge is -2.25. The predicted octanol–water partition coefficient (Wildman–Crippen LogP) is 5.34. The lowest BCUT2D eigenvalue weighted by molar-refractivity contribution is 0.279. The van der Waals surface area contributed by atoms with Gasteiger partial charge < -0.3 is 0 Å². The molecule has 0 heteroatoms. The van der Waals surface area contributed by atoms with Crippen LogP contribution in [0.2, 0.25) is 0 Å². The van der Waals surface area contributed by atoms with Crippen molar-refractivity contribution in [1.29, 1.82) is 0 Å². The van der Waals surface area contributed by atoms with Gasteiger partial charge >= 0.3 is 0 Å². The van der Waals surface area contributed by atoms with E-state index in [2.05, 4.69) is 26.0 Å². The SMILES string of the molecule is CCCCC=CCCC1CCC(C)CC1. The van der Waals surface area contributed by atoms with E-state index >= 15 is 0 Å². The van der Waals surface area contributed by atoms with Crippen molar-refractivity contribution in [2.75, 3.05) is 0 Å². The van der Waals surface area contributed by atoms with Gasteiger partial charge in [-0.25, -0.2) is 0 Å². The maximum atomic E-state index is 2.41. The molecule has 0 bridgehead atoms. The first-order chi connectivity index (χ1) is 7.33. The van der Waals surface area contributed by atoms with E-state index in [1.54, 1.807) is 0 Å². The molecule has 1 aliphatic carbocycles. The van der Waals surface area contributed by atoms with Crippen molar-refractivity contribution >= 4 is 0 Å². The molecule has 0 unspecified atom stereocenters. The molecule has 1 saturated carbocycles. The molecule has 0 aliphatic heterocycles. The molecule has 15 heavy (non-hydrogen) atoms. The fourth-order valence-electron chi connectivity index (χ4n) is 2.51. The molecule has 0 atom stereocenters. The van der Waals surface area contributed by atoms with Crippen LogP contribution in [0.4, 0.5) is 0 Å². The summed E-state index contributed by atoms with van der Waals surface area (Å²) in [6, 6.07) is 0. The van der Waals surface area contributed by atoms with Gasteiger partial charge in [-0.2, -0.15) is 0 Å². The summed E-state index contributed by atoms with van der Waals surface area (Å²) in [5.41, 5.74) is 0. The van der Waals surface area contributed by atoms with Crippen molar-refractivity contribution in [3.05, 3.63) is 12.2 Å². The van der Waals surface area contributed by atoms with E-state index in [4.69, 9.17) is 0 Å². The van der Waals surface area contributed by atoms with Crippen LogP contribution in [0.1, 0.15) is 71.6 Å². The standard InChI is InChI=1S/C15H28/c1-3-4-5-6-7-8-9-15-12-10-14(2)11-13-15/h6-7,14-15H,3-5,8-13H2,1-2H3. The molecule has 0 aromatic heterocycles. The Bertz CT molecular complexity index is 161. The highest BCUT2D eigenvalue weighted by Crippen LogP contribution is 2.31. The monoisotopic (exact) mass is 208 g/mol. The number of hydrogen-bond donors (Lipinski definition) is 0. The fourth-order valence-corrected chi connectivity index (χ4v) is 2.51. The maximum Gasteiger partial charge on any atom is -0.0348 e. The van der Waals surface area contributed by atoms with E-state index < -0.39 is 0 Å². The van der Waals surface area contributed by atoms with Crippen LogP contribution in [-0.2, 0) is 0 Å². The Kier molecular flexibility index (Phi) is 6.80. The van der Waals surface area contributed by atoms with Crippen LogP contribution in [0.3, 0.4) is 0 Å². The first-order valence-corrected chi connectivity index (χ1v) is 6.98. The van der Waals surface area contributed by atoms with E-state index in [-0.39, 0.29) is 0 Å². The second kappa shape index (κ2) is 7.96. The Hall–Kier alpha value is -0.260. The minimum Gasteiger partial charge on any atom is -0.0885 e. The van der Waals surface area contributed by atoms with Gasteiger partial charge in [0, 0.05) is 0 Å². The van der Waals surface area contributed by atoms with E-state index in [0.717, 1.165) is 11.8 Å². The predicted molar refractivity (Wildman–Crippen MR) is 69.0 cm³/mol. The van der Waals surface area contributed by atoms with Crippen LogP contribution in [0.25, 0.3) is 0 Å². The van der Waals surface area contributed by atoms with Gasteiger partial charge in [-0.15, -0.1) is 0 Å². The molecule has 1 fully saturated rings. The van der Waals surface area contributed by atoms with Gasteiger partial charge in [0.05, 0.1) is 0 Å². The summed E-state index contributed by atoms with van der Waals surface area (Å²) in [4.78, 5) is 0. The fraction of sp³-hybridized carbons (Fsp3) is 0.867. The summed E-state index contributed by atoms with van der Waals surface area (Å²) in [5, 5.41) is 0. The largest absolute Gasteiger partial charge is 0.0885 e. The second-order valence-electron chi connectivity index (χ2n) is 5.32. The van der Waals surface area contributed by atoms with Crippen LogP contribution in [0.15, 0.2) is 12.2 Å². The molecule has 0 N–H and O–H groups in total. The highest BCUT2D eigenvalue weighted by atomic mass is 14.2. The molecule has 0 heterocycles. The van der Waals surface area contributed by atoms with Crippen molar-refractivity contribution in [2.24, 2.45) is 11.8 Å². The molecule has 0 spiro atoms. The van der Waals surface area contributed by atoms with Crippen LogP contribution >= 0.6 is 0 Å². The zero-order valence-corrected chi connectivity index (χ0v) is 10.7. The third-order valence-corrected chi connectivity index (χ3v) is 3.77. The van der Waals surface area contributed by atoms with Gasteiger partial charge in [0.2, 0.25) is 0 Å². The molecular formula is C15H28. The summed E-state index contributed by atoms with van der Waals surface area (Å²) in [7, 11) is 0. The minimum atomic E-state index is 1.00. The average Bonchev–Trinajstić information content (AvgIpc) is 2.26. The topological polar surface area (TPSA) is 0 Å². The Morgan fingerprint density at radius 3 is 2.33 bits per heavy atom. The Labute approximate surface area is 96.2 Å². The van der Waals surface area contributed by atoms with Gasteiger partial charge in [-0.05, 0) is 31.1 Å². The van der Waals surface area contributed by atoms with Crippen molar-refractivity contribution in [3.63, 3.8) is 0 Å². The molecule has 0 aromatic rings. The van der Waals surface area contributed by atoms with Gasteiger partial charge in [-0.1, -0.05) is 64.5 Å². The van der Waals surface area contributed by atoms with E-state index in [1.165, 1.54) is 57.8 Å². The number of unbranched alkanes of at least 4 members (excludes halogenated alkanes) is 2. The summed E-state index contributed by atoms with van der Waals surface area (Å²) < 4.78 is 0. The highest BCUT2D eigenvalue weighted by molar-refractivity contribution is 4.83. The van der Waals surface area contributed by atoms with Gasteiger partial charge in [0.15, 0.2) is 0 Å². The van der Waals surface area contributed by atoms with E-state index in [1.807, 2.05) is 0 Å². The third-order valence-electron chi connectivity index (χ3n) is 3.77.